The van der Waals surface area contributed by atoms with Crippen molar-refractivity contribution in [3.63, 3.8) is 0 Å². The molecule has 0 heterocycles. The molecule has 0 saturated heterocycles. The zero-order valence-electron chi connectivity index (χ0n) is 14.1. The standard InChI is InChI=1S/C19H18O6/c1-19(2,3)25-24-18(23)13-9-7-12(8-10-13)16(20)14-5-4-6-15(11-14)17(21)22/h4-11H,1-3H3,(H,21,22). The van der Waals surface area contributed by atoms with Gasteiger partial charge in [-0.2, -0.15) is 4.89 Å². The van der Waals surface area contributed by atoms with Gasteiger partial charge < -0.3 is 5.11 Å². The Labute approximate surface area is 144 Å². The Morgan fingerprint density at radius 3 is 1.96 bits per heavy atom. The number of hydrogen-bond acceptors (Lipinski definition) is 5. The number of ketones is 1. The van der Waals surface area contributed by atoms with Crippen molar-refractivity contribution in [2.45, 2.75) is 26.4 Å². The molecule has 0 aromatic heterocycles. The molecule has 0 aliphatic carbocycles. The van der Waals surface area contributed by atoms with Gasteiger partial charge in [-0.3, -0.25) is 9.68 Å². The molecule has 0 bridgehead atoms. The molecule has 0 aliphatic rings. The quantitative estimate of drug-likeness (QED) is 0.508. The van der Waals surface area contributed by atoms with Crippen LogP contribution in [-0.2, 0) is 9.78 Å². The highest BCUT2D eigenvalue weighted by Gasteiger charge is 2.17. The molecule has 2 aromatic carbocycles. The Balaban J connectivity index is 2.14. The lowest BCUT2D eigenvalue weighted by Crippen LogP contribution is -2.21. The van der Waals surface area contributed by atoms with E-state index in [0.29, 0.717) is 5.56 Å². The fraction of sp³-hybridized carbons (Fsp3) is 0.211. The van der Waals surface area contributed by atoms with Crippen LogP contribution in [0.4, 0.5) is 0 Å². The number of benzene rings is 2. The maximum atomic E-state index is 12.4. The minimum absolute atomic E-state index is 0.0328. The van der Waals surface area contributed by atoms with Crippen LogP contribution in [-0.4, -0.2) is 28.4 Å². The highest BCUT2D eigenvalue weighted by Crippen LogP contribution is 2.15. The molecule has 0 spiro atoms. The number of hydrogen-bond donors (Lipinski definition) is 1. The Kier molecular flexibility index (Phi) is 5.34. The molecule has 0 saturated carbocycles. The average molecular weight is 342 g/mol. The van der Waals surface area contributed by atoms with Crippen molar-refractivity contribution in [1.29, 1.82) is 0 Å². The summed E-state index contributed by atoms with van der Waals surface area (Å²) < 4.78 is 0. The van der Waals surface area contributed by atoms with Crippen LogP contribution in [0.2, 0.25) is 0 Å². The Morgan fingerprint density at radius 1 is 0.840 bits per heavy atom. The van der Waals surface area contributed by atoms with E-state index in [2.05, 4.69) is 0 Å². The largest absolute Gasteiger partial charge is 0.478 e. The predicted molar refractivity (Wildman–Crippen MR) is 89.5 cm³/mol. The molecule has 0 atom stereocenters. The first-order valence-corrected chi connectivity index (χ1v) is 7.55. The second kappa shape index (κ2) is 7.27. The van der Waals surface area contributed by atoms with E-state index >= 15 is 0 Å². The number of carbonyl (C=O) groups excluding carboxylic acids is 2. The third-order valence-electron chi connectivity index (χ3n) is 3.12. The highest BCUT2D eigenvalue weighted by atomic mass is 17.2. The van der Waals surface area contributed by atoms with Gasteiger partial charge in [0.2, 0.25) is 0 Å². The second-order valence-corrected chi connectivity index (χ2v) is 6.36. The molecule has 0 unspecified atom stereocenters. The van der Waals surface area contributed by atoms with Gasteiger partial charge in [0.1, 0.15) is 5.60 Å². The SMILES string of the molecule is CC(C)(C)OOC(=O)c1ccc(C(=O)c2cccc(C(=O)O)c2)cc1. The van der Waals surface area contributed by atoms with E-state index in [1.54, 1.807) is 20.8 Å². The van der Waals surface area contributed by atoms with Crippen molar-refractivity contribution in [3.8, 4) is 0 Å². The summed E-state index contributed by atoms with van der Waals surface area (Å²) in [5.41, 5.74) is 0.230. The van der Waals surface area contributed by atoms with Crippen molar-refractivity contribution >= 4 is 17.7 Å². The first kappa shape index (κ1) is 18.4. The maximum Gasteiger partial charge on any atom is 0.373 e. The van der Waals surface area contributed by atoms with Crippen molar-refractivity contribution < 1.29 is 29.3 Å². The Morgan fingerprint density at radius 2 is 1.40 bits per heavy atom. The van der Waals surface area contributed by atoms with E-state index in [1.807, 2.05) is 0 Å². The van der Waals surface area contributed by atoms with Crippen LogP contribution in [0.15, 0.2) is 48.5 Å². The maximum absolute atomic E-state index is 12.4. The normalized spacial score (nSPS) is 11.0. The minimum Gasteiger partial charge on any atom is -0.478 e. The Hall–Kier alpha value is -2.99. The van der Waals surface area contributed by atoms with Gasteiger partial charge >= 0.3 is 11.9 Å². The molecule has 2 rings (SSSR count). The molecule has 6 nitrogen and oxygen atoms in total. The van der Waals surface area contributed by atoms with Crippen molar-refractivity contribution in [1.82, 2.24) is 0 Å². The molecule has 0 fully saturated rings. The molecule has 25 heavy (non-hydrogen) atoms. The molecule has 0 radical (unpaired) electrons. The molecule has 6 heteroatoms. The lowest BCUT2D eigenvalue weighted by molar-refractivity contribution is -0.301. The number of aromatic carboxylic acids is 1. The van der Waals surface area contributed by atoms with Crippen molar-refractivity contribution in [3.05, 3.63) is 70.8 Å². The van der Waals surface area contributed by atoms with Crippen molar-refractivity contribution in [2.75, 3.05) is 0 Å². The molecular weight excluding hydrogens is 324 g/mol. The topological polar surface area (TPSA) is 89.9 Å². The summed E-state index contributed by atoms with van der Waals surface area (Å²) in [7, 11) is 0. The van der Waals surface area contributed by atoms with Gasteiger partial charge in [0.05, 0.1) is 11.1 Å². The molecule has 2 aromatic rings. The Bertz CT molecular complexity index is 799. The summed E-state index contributed by atoms with van der Waals surface area (Å²) in [5, 5.41) is 8.99. The summed E-state index contributed by atoms with van der Waals surface area (Å²) in [4.78, 5) is 45.0. The predicted octanol–water partition coefficient (Wildman–Crippen LogP) is 3.50. The number of carbonyl (C=O) groups is 3. The van der Waals surface area contributed by atoms with Crippen LogP contribution in [0.5, 0.6) is 0 Å². The van der Waals surface area contributed by atoms with Gasteiger partial charge in [0.15, 0.2) is 5.78 Å². The summed E-state index contributed by atoms with van der Waals surface area (Å²) in [5.74, 6) is -2.11. The summed E-state index contributed by atoms with van der Waals surface area (Å²) in [6.45, 7) is 5.23. The molecule has 1 N–H and O–H groups in total. The zero-order valence-corrected chi connectivity index (χ0v) is 14.1. The van der Waals surface area contributed by atoms with Gasteiger partial charge in [-0.25, -0.2) is 9.59 Å². The number of rotatable bonds is 5. The minimum atomic E-state index is -1.11. The summed E-state index contributed by atoms with van der Waals surface area (Å²) in [6.07, 6.45) is 0. The van der Waals surface area contributed by atoms with Gasteiger partial charge in [0, 0.05) is 11.1 Å². The third-order valence-corrected chi connectivity index (χ3v) is 3.12. The van der Waals surface area contributed by atoms with E-state index in [0.717, 1.165) is 0 Å². The lowest BCUT2D eigenvalue weighted by Gasteiger charge is -2.16. The first-order valence-electron chi connectivity index (χ1n) is 7.55. The monoisotopic (exact) mass is 342 g/mol. The van der Waals surface area contributed by atoms with E-state index < -0.39 is 17.5 Å². The van der Waals surface area contributed by atoms with Crippen LogP contribution in [0.1, 0.15) is 57.4 Å². The zero-order chi connectivity index (χ0) is 18.6. The fourth-order valence-corrected chi connectivity index (χ4v) is 1.93. The van der Waals surface area contributed by atoms with Crippen LogP contribution in [0.25, 0.3) is 0 Å². The molecule has 0 aliphatic heterocycles. The van der Waals surface area contributed by atoms with Crippen LogP contribution in [0.3, 0.4) is 0 Å². The highest BCUT2D eigenvalue weighted by molar-refractivity contribution is 6.10. The van der Waals surface area contributed by atoms with Crippen molar-refractivity contribution in [2.24, 2.45) is 0 Å². The van der Waals surface area contributed by atoms with Gasteiger partial charge in [-0.05, 0) is 45.0 Å². The summed E-state index contributed by atoms with van der Waals surface area (Å²) in [6, 6.07) is 11.6. The van der Waals surface area contributed by atoms with Crippen LogP contribution < -0.4 is 0 Å². The summed E-state index contributed by atoms with van der Waals surface area (Å²) >= 11 is 0. The average Bonchev–Trinajstić information content (AvgIpc) is 2.58. The number of carboxylic acid groups (broad SMARTS) is 1. The van der Waals surface area contributed by atoms with Gasteiger partial charge in [-0.15, -0.1) is 0 Å². The second-order valence-electron chi connectivity index (χ2n) is 6.36. The van der Waals surface area contributed by atoms with Gasteiger partial charge in [0.25, 0.3) is 0 Å². The third kappa shape index (κ3) is 4.99. The van der Waals surface area contributed by atoms with E-state index in [9.17, 15) is 14.4 Å². The molecule has 130 valence electrons. The number of carboxylic acids is 1. The lowest BCUT2D eigenvalue weighted by atomic mass is 10.0. The molecule has 0 amide bonds. The van der Waals surface area contributed by atoms with Crippen LogP contribution in [0, 0.1) is 0 Å². The smallest absolute Gasteiger partial charge is 0.373 e. The fourth-order valence-electron chi connectivity index (χ4n) is 1.93. The van der Waals surface area contributed by atoms with E-state index in [1.165, 1.54) is 48.5 Å². The molecular formula is C19H18O6. The first-order chi connectivity index (χ1) is 11.7. The van der Waals surface area contributed by atoms with Gasteiger partial charge in [-0.1, -0.05) is 24.3 Å². The van der Waals surface area contributed by atoms with E-state index in [4.69, 9.17) is 14.9 Å². The van der Waals surface area contributed by atoms with Crippen LogP contribution >= 0.6 is 0 Å². The van der Waals surface area contributed by atoms with E-state index in [-0.39, 0.29) is 22.5 Å².